The molecule has 4 atom stereocenters. The molecule has 1 aromatic heterocycles. The maximum absolute atomic E-state index is 4.45. The zero-order chi connectivity index (χ0) is 10.4. The van der Waals surface area contributed by atoms with Gasteiger partial charge in [-0.1, -0.05) is 13.3 Å². The van der Waals surface area contributed by atoms with Crippen LogP contribution in [-0.2, 0) is 7.05 Å². The van der Waals surface area contributed by atoms with E-state index >= 15 is 0 Å². The Morgan fingerprint density at radius 3 is 2.93 bits per heavy atom. The fourth-order valence-corrected chi connectivity index (χ4v) is 3.50. The van der Waals surface area contributed by atoms with Gasteiger partial charge in [0.05, 0.1) is 0 Å². The highest BCUT2D eigenvalue weighted by molar-refractivity contribution is 5.09. The van der Waals surface area contributed by atoms with Crippen LogP contribution in [0.4, 0.5) is 0 Å². The van der Waals surface area contributed by atoms with Gasteiger partial charge in [-0.3, -0.25) is 4.68 Å². The van der Waals surface area contributed by atoms with Gasteiger partial charge in [-0.2, -0.15) is 5.10 Å². The summed E-state index contributed by atoms with van der Waals surface area (Å²) in [5.74, 6) is 4.64. The van der Waals surface area contributed by atoms with Gasteiger partial charge in [-0.05, 0) is 37.0 Å². The fraction of sp³-hybridized carbons (Fsp3) is 0.833. The molecule has 82 valence electrons. The van der Waals surface area contributed by atoms with Crippen LogP contribution in [0.25, 0.3) is 0 Å². The number of hydrogen-bond acceptors (Lipinski definition) is 2. The molecule has 0 radical (unpaired) electrons. The molecular weight excluding hydrogens is 186 g/mol. The third kappa shape index (κ3) is 1.40. The van der Waals surface area contributed by atoms with Gasteiger partial charge in [0.2, 0.25) is 0 Å². The highest BCUT2D eigenvalue weighted by Gasteiger charge is 2.48. The van der Waals surface area contributed by atoms with Crippen molar-refractivity contribution >= 4 is 0 Å². The molecule has 0 N–H and O–H groups in total. The van der Waals surface area contributed by atoms with Gasteiger partial charge in [0.1, 0.15) is 6.33 Å². The van der Waals surface area contributed by atoms with Crippen LogP contribution in [0.5, 0.6) is 0 Å². The lowest BCUT2D eigenvalue weighted by Crippen LogP contribution is -2.31. The van der Waals surface area contributed by atoms with Crippen LogP contribution in [0.3, 0.4) is 0 Å². The van der Waals surface area contributed by atoms with Gasteiger partial charge in [0, 0.05) is 13.0 Å². The first-order valence-electron chi connectivity index (χ1n) is 6.13. The Morgan fingerprint density at radius 2 is 2.27 bits per heavy atom. The molecule has 0 aromatic carbocycles. The van der Waals surface area contributed by atoms with Crippen LogP contribution in [0, 0.1) is 17.8 Å². The van der Waals surface area contributed by atoms with Crippen LogP contribution in [0.15, 0.2) is 6.33 Å². The summed E-state index contributed by atoms with van der Waals surface area (Å²) < 4.78 is 1.83. The largest absolute Gasteiger partial charge is 0.256 e. The second kappa shape index (κ2) is 3.32. The monoisotopic (exact) mass is 205 g/mol. The summed E-state index contributed by atoms with van der Waals surface area (Å²) in [5.41, 5.74) is 0. The highest BCUT2D eigenvalue weighted by Crippen LogP contribution is 2.57. The minimum absolute atomic E-state index is 0.674. The lowest BCUT2D eigenvalue weighted by atomic mass is 9.66. The summed E-state index contributed by atoms with van der Waals surface area (Å²) >= 11 is 0. The SMILES string of the molecule is CCC1CC2CC(c3ncn(C)n3)C2C1. The van der Waals surface area contributed by atoms with Crippen molar-refractivity contribution in [2.75, 3.05) is 0 Å². The summed E-state index contributed by atoms with van der Waals surface area (Å²) in [6, 6.07) is 0. The van der Waals surface area contributed by atoms with E-state index in [2.05, 4.69) is 17.0 Å². The highest BCUT2D eigenvalue weighted by atomic mass is 15.3. The zero-order valence-electron chi connectivity index (χ0n) is 9.56. The number of fused-ring (bicyclic) bond motifs is 1. The Bertz CT molecular complexity index is 358. The Balaban J connectivity index is 1.72. The molecule has 0 spiro atoms. The quantitative estimate of drug-likeness (QED) is 0.742. The van der Waals surface area contributed by atoms with Crippen molar-refractivity contribution in [3.63, 3.8) is 0 Å². The van der Waals surface area contributed by atoms with Gasteiger partial charge < -0.3 is 0 Å². The lowest BCUT2D eigenvalue weighted by Gasteiger charge is -2.38. The number of hydrogen-bond donors (Lipinski definition) is 0. The number of rotatable bonds is 2. The first kappa shape index (κ1) is 9.37. The molecule has 0 amide bonds. The molecule has 0 bridgehead atoms. The summed E-state index contributed by atoms with van der Waals surface area (Å²) in [4.78, 5) is 4.40. The molecule has 1 aromatic rings. The molecule has 2 aliphatic rings. The van der Waals surface area contributed by atoms with E-state index in [1.54, 1.807) is 0 Å². The Morgan fingerprint density at radius 1 is 1.40 bits per heavy atom. The van der Waals surface area contributed by atoms with E-state index in [1.807, 2.05) is 18.1 Å². The molecule has 0 aliphatic heterocycles. The minimum Gasteiger partial charge on any atom is -0.256 e. The predicted octanol–water partition coefficient (Wildman–Crippen LogP) is 2.35. The molecule has 2 saturated carbocycles. The fourth-order valence-electron chi connectivity index (χ4n) is 3.50. The predicted molar refractivity (Wildman–Crippen MR) is 58.4 cm³/mol. The summed E-state index contributed by atoms with van der Waals surface area (Å²) in [6.45, 7) is 2.32. The van der Waals surface area contributed by atoms with E-state index in [4.69, 9.17) is 0 Å². The smallest absolute Gasteiger partial charge is 0.153 e. The van der Waals surface area contributed by atoms with E-state index in [0.717, 1.165) is 23.6 Å². The van der Waals surface area contributed by atoms with Gasteiger partial charge in [-0.25, -0.2) is 4.98 Å². The Labute approximate surface area is 90.9 Å². The van der Waals surface area contributed by atoms with Crippen LogP contribution < -0.4 is 0 Å². The zero-order valence-corrected chi connectivity index (χ0v) is 9.56. The van der Waals surface area contributed by atoms with Gasteiger partial charge in [0.25, 0.3) is 0 Å². The van der Waals surface area contributed by atoms with Crippen molar-refractivity contribution in [3.8, 4) is 0 Å². The first-order valence-corrected chi connectivity index (χ1v) is 6.13. The first-order chi connectivity index (χ1) is 7.28. The van der Waals surface area contributed by atoms with E-state index in [1.165, 1.54) is 25.7 Å². The average molecular weight is 205 g/mol. The van der Waals surface area contributed by atoms with Crippen LogP contribution in [0.2, 0.25) is 0 Å². The van der Waals surface area contributed by atoms with E-state index in [-0.39, 0.29) is 0 Å². The number of aryl methyl sites for hydroxylation is 1. The topological polar surface area (TPSA) is 30.7 Å². The normalized spacial score (nSPS) is 38.8. The van der Waals surface area contributed by atoms with Crippen molar-refractivity contribution in [2.24, 2.45) is 24.8 Å². The summed E-state index contributed by atoms with van der Waals surface area (Å²) in [7, 11) is 1.95. The molecule has 3 heteroatoms. The second-order valence-corrected chi connectivity index (χ2v) is 5.29. The molecule has 4 unspecified atom stereocenters. The molecule has 3 nitrogen and oxygen atoms in total. The summed E-state index contributed by atoms with van der Waals surface area (Å²) in [5, 5.41) is 4.45. The average Bonchev–Trinajstić information content (AvgIpc) is 2.74. The number of nitrogens with zero attached hydrogens (tertiary/aromatic N) is 3. The van der Waals surface area contributed by atoms with Crippen LogP contribution in [0.1, 0.15) is 44.3 Å². The van der Waals surface area contributed by atoms with Crippen molar-refractivity contribution in [1.29, 1.82) is 0 Å². The van der Waals surface area contributed by atoms with E-state index in [0.29, 0.717) is 5.92 Å². The van der Waals surface area contributed by atoms with Crippen molar-refractivity contribution in [1.82, 2.24) is 14.8 Å². The third-order valence-corrected chi connectivity index (χ3v) is 4.45. The second-order valence-electron chi connectivity index (χ2n) is 5.29. The van der Waals surface area contributed by atoms with Gasteiger partial charge in [-0.15, -0.1) is 0 Å². The molecule has 2 fully saturated rings. The molecule has 2 aliphatic carbocycles. The van der Waals surface area contributed by atoms with Crippen molar-refractivity contribution in [2.45, 2.75) is 38.5 Å². The van der Waals surface area contributed by atoms with Crippen molar-refractivity contribution < 1.29 is 0 Å². The minimum atomic E-state index is 0.674. The molecular formula is C12H19N3. The maximum atomic E-state index is 4.45. The van der Waals surface area contributed by atoms with Crippen molar-refractivity contribution in [3.05, 3.63) is 12.2 Å². The van der Waals surface area contributed by atoms with E-state index in [9.17, 15) is 0 Å². The van der Waals surface area contributed by atoms with E-state index < -0.39 is 0 Å². The van der Waals surface area contributed by atoms with Crippen LogP contribution >= 0.6 is 0 Å². The number of aromatic nitrogens is 3. The molecule has 15 heavy (non-hydrogen) atoms. The third-order valence-electron chi connectivity index (χ3n) is 4.45. The standard InChI is InChI=1S/C12H19N3/c1-3-8-4-9-6-11(10(9)5-8)12-13-7-15(2)14-12/h7-11H,3-6H2,1-2H3. The lowest BCUT2D eigenvalue weighted by molar-refractivity contribution is 0.162. The molecule has 3 rings (SSSR count). The maximum Gasteiger partial charge on any atom is 0.153 e. The van der Waals surface area contributed by atoms with Crippen LogP contribution in [-0.4, -0.2) is 14.8 Å². The molecule has 1 heterocycles. The summed E-state index contributed by atoms with van der Waals surface area (Å²) in [6.07, 6.45) is 7.41. The van der Waals surface area contributed by atoms with Gasteiger partial charge >= 0.3 is 0 Å². The molecule has 0 saturated heterocycles. The van der Waals surface area contributed by atoms with Gasteiger partial charge in [0.15, 0.2) is 5.82 Å². The Kier molecular flexibility index (Phi) is 2.08. The Hall–Kier alpha value is -0.860.